The Balaban J connectivity index is 2.26. The van der Waals surface area contributed by atoms with Crippen molar-refractivity contribution in [1.82, 2.24) is 4.98 Å². The molecule has 1 aromatic heterocycles. The van der Waals surface area contributed by atoms with Gasteiger partial charge in [-0.25, -0.2) is 0 Å². The minimum Gasteiger partial charge on any atom is -0.494 e. The van der Waals surface area contributed by atoms with Gasteiger partial charge in [-0.1, -0.05) is 23.7 Å². The van der Waals surface area contributed by atoms with Gasteiger partial charge in [0.25, 0.3) is 0 Å². The summed E-state index contributed by atoms with van der Waals surface area (Å²) in [5.74, 6) is 0.413. The predicted octanol–water partition coefficient (Wildman–Crippen LogP) is 3.66. The van der Waals surface area contributed by atoms with Crippen LogP contribution in [0.15, 0.2) is 42.7 Å². The predicted molar refractivity (Wildman–Crippen MR) is 83.9 cm³/mol. The first-order valence-electron chi connectivity index (χ1n) is 6.50. The summed E-state index contributed by atoms with van der Waals surface area (Å²) in [5, 5.41) is 3.45. The Kier molecular flexibility index (Phi) is 4.48. The van der Waals surface area contributed by atoms with E-state index in [4.69, 9.17) is 16.3 Å². The smallest absolute Gasteiger partial charge is 0.234 e. The Labute approximate surface area is 129 Å². The average molecular weight is 305 g/mol. The molecule has 0 unspecified atom stereocenters. The van der Waals surface area contributed by atoms with E-state index < -0.39 is 5.41 Å². The molecule has 0 radical (unpaired) electrons. The fourth-order valence-corrected chi connectivity index (χ4v) is 2.13. The van der Waals surface area contributed by atoms with Crippen LogP contribution in [0.3, 0.4) is 0 Å². The van der Waals surface area contributed by atoms with E-state index in [2.05, 4.69) is 10.3 Å². The molecule has 0 atom stereocenters. The fourth-order valence-electron chi connectivity index (χ4n) is 1.94. The van der Waals surface area contributed by atoms with E-state index in [1.165, 1.54) is 0 Å². The second-order valence-electron chi connectivity index (χ2n) is 5.17. The quantitative estimate of drug-likeness (QED) is 0.938. The van der Waals surface area contributed by atoms with E-state index in [0.29, 0.717) is 16.5 Å². The fraction of sp³-hybridized carbons (Fsp3) is 0.250. The van der Waals surface area contributed by atoms with Gasteiger partial charge in [-0.2, -0.15) is 0 Å². The zero-order valence-corrected chi connectivity index (χ0v) is 12.9. The van der Waals surface area contributed by atoms with Gasteiger partial charge in [0, 0.05) is 17.3 Å². The first-order chi connectivity index (χ1) is 9.95. The summed E-state index contributed by atoms with van der Waals surface area (Å²) in [6.45, 7) is 3.69. The van der Waals surface area contributed by atoms with Gasteiger partial charge < -0.3 is 10.1 Å². The summed E-state index contributed by atoms with van der Waals surface area (Å²) in [6.07, 6.45) is 3.17. The second kappa shape index (κ2) is 6.14. The zero-order valence-electron chi connectivity index (χ0n) is 12.2. The molecular formula is C16H17ClN2O2. The number of benzene rings is 1. The van der Waals surface area contributed by atoms with Gasteiger partial charge in [-0.3, -0.25) is 9.78 Å². The highest BCUT2D eigenvalue weighted by atomic mass is 35.5. The maximum atomic E-state index is 12.6. The number of methoxy groups -OCH3 is 1. The van der Waals surface area contributed by atoms with Gasteiger partial charge in [0.2, 0.25) is 5.91 Å². The number of aromatic nitrogens is 1. The monoisotopic (exact) mass is 304 g/mol. The number of carbonyl (C=O) groups excluding carboxylic acids is 1. The highest BCUT2D eigenvalue weighted by molar-refractivity contribution is 6.30. The Morgan fingerprint density at radius 3 is 2.76 bits per heavy atom. The van der Waals surface area contributed by atoms with Crippen molar-refractivity contribution in [1.29, 1.82) is 0 Å². The van der Waals surface area contributed by atoms with Crippen molar-refractivity contribution in [3.05, 3.63) is 53.3 Å². The maximum Gasteiger partial charge on any atom is 0.234 e. The van der Waals surface area contributed by atoms with Crippen molar-refractivity contribution in [3.8, 4) is 5.75 Å². The summed E-state index contributed by atoms with van der Waals surface area (Å²) in [7, 11) is 1.55. The number of nitrogens with one attached hydrogen (secondary N) is 1. The SMILES string of the molecule is COc1ccncc1NC(=O)C(C)(C)c1cccc(Cl)c1. The molecule has 0 aliphatic rings. The van der Waals surface area contributed by atoms with Crippen LogP contribution in [0.5, 0.6) is 5.75 Å². The molecule has 21 heavy (non-hydrogen) atoms. The van der Waals surface area contributed by atoms with Gasteiger partial charge in [0.1, 0.15) is 11.4 Å². The third kappa shape index (κ3) is 3.34. The molecule has 110 valence electrons. The van der Waals surface area contributed by atoms with Gasteiger partial charge in [0.05, 0.1) is 18.7 Å². The maximum absolute atomic E-state index is 12.6. The lowest BCUT2D eigenvalue weighted by molar-refractivity contribution is -0.120. The van der Waals surface area contributed by atoms with Gasteiger partial charge in [0.15, 0.2) is 0 Å². The van der Waals surface area contributed by atoms with Crippen LogP contribution < -0.4 is 10.1 Å². The van der Waals surface area contributed by atoms with Crippen molar-refractivity contribution in [3.63, 3.8) is 0 Å². The molecule has 0 saturated heterocycles. The van der Waals surface area contributed by atoms with E-state index in [1.807, 2.05) is 26.0 Å². The average Bonchev–Trinajstić information content (AvgIpc) is 2.47. The lowest BCUT2D eigenvalue weighted by Crippen LogP contribution is -2.34. The molecule has 0 bridgehead atoms. The van der Waals surface area contributed by atoms with Crippen molar-refractivity contribution in [2.75, 3.05) is 12.4 Å². The number of ether oxygens (including phenoxy) is 1. The van der Waals surface area contributed by atoms with Crippen molar-refractivity contribution in [2.45, 2.75) is 19.3 Å². The van der Waals surface area contributed by atoms with Crippen LogP contribution in [0.2, 0.25) is 5.02 Å². The van der Waals surface area contributed by atoms with E-state index >= 15 is 0 Å². The summed E-state index contributed by atoms with van der Waals surface area (Å²) in [6, 6.07) is 8.98. The molecular weight excluding hydrogens is 288 g/mol. The van der Waals surface area contributed by atoms with Crippen molar-refractivity contribution in [2.24, 2.45) is 0 Å². The van der Waals surface area contributed by atoms with Gasteiger partial charge >= 0.3 is 0 Å². The number of nitrogens with zero attached hydrogens (tertiary/aromatic N) is 1. The van der Waals surface area contributed by atoms with Crippen molar-refractivity contribution >= 4 is 23.2 Å². The highest BCUT2D eigenvalue weighted by Gasteiger charge is 2.30. The number of amides is 1. The molecule has 0 aliphatic heterocycles. The largest absolute Gasteiger partial charge is 0.494 e. The van der Waals surface area contributed by atoms with Crippen LogP contribution in [-0.2, 0) is 10.2 Å². The normalized spacial score (nSPS) is 11.0. The highest BCUT2D eigenvalue weighted by Crippen LogP contribution is 2.29. The molecule has 5 heteroatoms. The number of anilines is 1. The molecule has 0 aliphatic carbocycles. The number of hydrogen-bond donors (Lipinski definition) is 1. The van der Waals surface area contributed by atoms with E-state index in [9.17, 15) is 4.79 Å². The van der Waals surface area contributed by atoms with E-state index in [-0.39, 0.29) is 5.91 Å². The van der Waals surface area contributed by atoms with Gasteiger partial charge in [-0.05, 0) is 31.5 Å². The standard InChI is InChI=1S/C16H17ClN2O2/c1-16(2,11-5-4-6-12(17)9-11)15(20)19-13-10-18-8-7-14(13)21-3/h4-10H,1-3H3,(H,19,20). The summed E-state index contributed by atoms with van der Waals surface area (Å²) < 4.78 is 5.21. The van der Waals surface area contributed by atoms with E-state index in [1.54, 1.807) is 37.7 Å². The topological polar surface area (TPSA) is 51.2 Å². The van der Waals surface area contributed by atoms with Crippen LogP contribution in [0.25, 0.3) is 0 Å². The molecule has 4 nitrogen and oxygen atoms in total. The third-order valence-corrected chi connectivity index (χ3v) is 3.60. The number of hydrogen-bond acceptors (Lipinski definition) is 3. The molecule has 1 N–H and O–H groups in total. The molecule has 0 saturated carbocycles. The van der Waals surface area contributed by atoms with E-state index in [0.717, 1.165) is 5.56 Å². The van der Waals surface area contributed by atoms with Crippen LogP contribution >= 0.6 is 11.6 Å². The number of halogens is 1. The first-order valence-corrected chi connectivity index (χ1v) is 6.88. The number of pyridine rings is 1. The lowest BCUT2D eigenvalue weighted by atomic mass is 9.83. The summed E-state index contributed by atoms with van der Waals surface area (Å²) in [5.41, 5.74) is 0.654. The van der Waals surface area contributed by atoms with Gasteiger partial charge in [-0.15, -0.1) is 0 Å². The summed E-state index contributed by atoms with van der Waals surface area (Å²) >= 11 is 6.00. The summed E-state index contributed by atoms with van der Waals surface area (Å²) in [4.78, 5) is 16.6. The molecule has 2 rings (SSSR count). The molecule has 1 amide bonds. The Hall–Kier alpha value is -2.07. The second-order valence-corrected chi connectivity index (χ2v) is 5.60. The molecule has 1 aromatic carbocycles. The molecule has 0 fully saturated rings. The molecule has 0 spiro atoms. The van der Waals surface area contributed by atoms with Crippen molar-refractivity contribution < 1.29 is 9.53 Å². The Morgan fingerprint density at radius 2 is 2.10 bits per heavy atom. The zero-order chi connectivity index (χ0) is 15.5. The minimum absolute atomic E-state index is 0.156. The van der Waals surface area contributed by atoms with Crippen LogP contribution in [0.4, 0.5) is 5.69 Å². The minimum atomic E-state index is -0.730. The van der Waals surface area contributed by atoms with Crippen LogP contribution in [-0.4, -0.2) is 18.0 Å². The number of rotatable bonds is 4. The molecule has 1 heterocycles. The Morgan fingerprint density at radius 1 is 1.33 bits per heavy atom. The molecule has 2 aromatic rings. The number of carbonyl (C=O) groups is 1. The Bertz CT molecular complexity index is 656. The lowest BCUT2D eigenvalue weighted by Gasteiger charge is -2.24. The van der Waals surface area contributed by atoms with Crippen LogP contribution in [0, 0.1) is 0 Å². The third-order valence-electron chi connectivity index (χ3n) is 3.36. The first kappa shape index (κ1) is 15.3. The van der Waals surface area contributed by atoms with Crippen LogP contribution in [0.1, 0.15) is 19.4 Å².